The Morgan fingerprint density at radius 1 is 1.17 bits per heavy atom. The highest BCUT2D eigenvalue weighted by atomic mass is 19.4. The quantitative estimate of drug-likeness (QED) is 0.735. The fraction of sp³-hybridized carbons (Fsp3) is 0.214. The molecular formula is C14H11F4N5. The van der Waals surface area contributed by atoms with Crippen LogP contribution in [0.2, 0.25) is 0 Å². The minimum absolute atomic E-state index is 0.0247. The van der Waals surface area contributed by atoms with E-state index >= 15 is 0 Å². The summed E-state index contributed by atoms with van der Waals surface area (Å²) in [6.07, 6.45) is -2.00. The molecular weight excluding hydrogens is 314 g/mol. The van der Waals surface area contributed by atoms with Crippen molar-refractivity contribution in [3.05, 3.63) is 42.0 Å². The first-order valence-corrected chi connectivity index (χ1v) is 6.60. The Morgan fingerprint density at radius 2 is 1.91 bits per heavy atom. The van der Waals surface area contributed by atoms with Crippen molar-refractivity contribution in [3.8, 4) is 11.4 Å². The van der Waals surface area contributed by atoms with Gasteiger partial charge in [0, 0.05) is 12.3 Å². The van der Waals surface area contributed by atoms with Gasteiger partial charge in [0.25, 0.3) is 0 Å². The predicted octanol–water partition coefficient (Wildman–Crippen LogP) is 3.18. The summed E-state index contributed by atoms with van der Waals surface area (Å²) in [7, 11) is 0. The zero-order valence-corrected chi connectivity index (χ0v) is 11.8. The molecule has 2 N–H and O–H groups in total. The Hall–Kier alpha value is -2.71. The molecule has 23 heavy (non-hydrogen) atoms. The highest BCUT2D eigenvalue weighted by Gasteiger charge is 2.37. The van der Waals surface area contributed by atoms with Gasteiger partial charge in [0.05, 0.1) is 23.5 Å². The zero-order valence-electron chi connectivity index (χ0n) is 11.8. The number of aromatic nitrogens is 4. The van der Waals surface area contributed by atoms with E-state index in [0.717, 1.165) is 13.1 Å². The molecule has 9 heteroatoms. The summed E-state index contributed by atoms with van der Waals surface area (Å²) in [4.78, 5) is 7.69. The molecule has 0 fully saturated rings. The number of nitrogens with two attached hydrogens (primary N) is 1. The zero-order chi connectivity index (χ0) is 16.8. The van der Waals surface area contributed by atoms with Crippen LogP contribution >= 0.6 is 0 Å². The number of hydrogen-bond donors (Lipinski definition) is 1. The molecule has 3 aromatic rings. The van der Waals surface area contributed by atoms with E-state index < -0.39 is 17.9 Å². The van der Waals surface area contributed by atoms with Gasteiger partial charge in [0.2, 0.25) is 5.95 Å². The number of alkyl halides is 3. The monoisotopic (exact) mass is 325 g/mol. The maximum atomic E-state index is 13.9. The van der Waals surface area contributed by atoms with E-state index in [0.29, 0.717) is 0 Å². The number of fused-ring (bicyclic) bond motifs is 1. The summed E-state index contributed by atoms with van der Waals surface area (Å²) >= 11 is 0. The van der Waals surface area contributed by atoms with Crippen LogP contribution in [-0.2, 0) is 0 Å². The van der Waals surface area contributed by atoms with Crippen molar-refractivity contribution in [1.29, 1.82) is 0 Å². The van der Waals surface area contributed by atoms with E-state index in [2.05, 4.69) is 15.1 Å². The van der Waals surface area contributed by atoms with Crippen LogP contribution in [0.25, 0.3) is 16.9 Å². The normalized spacial score (nSPS) is 13.4. The van der Waals surface area contributed by atoms with Crippen LogP contribution < -0.4 is 5.73 Å². The second-order valence-electron chi connectivity index (χ2n) is 5.03. The molecule has 1 atom stereocenters. The third-order valence-corrected chi connectivity index (χ3v) is 3.53. The van der Waals surface area contributed by atoms with Crippen LogP contribution in [0.1, 0.15) is 18.4 Å². The summed E-state index contributed by atoms with van der Waals surface area (Å²) in [6.45, 7) is 1.05. The smallest absolute Gasteiger partial charge is 0.367 e. The number of pyridine rings is 1. The third-order valence-electron chi connectivity index (χ3n) is 3.53. The lowest BCUT2D eigenvalue weighted by molar-refractivity contribution is -0.146. The first-order valence-electron chi connectivity index (χ1n) is 6.60. The van der Waals surface area contributed by atoms with Gasteiger partial charge in [0.1, 0.15) is 5.52 Å². The van der Waals surface area contributed by atoms with E-state index in [1.54, 1.807) is 0 Å². The van der Waals surface area contributed by atoms with E-state index in [4.69, 9.17) is 5.73 Å². The van der Waals surface area contributed by atoms with Crippen molar-refractivity contribution < 1.29 is 17.6 Å². The average Bonchev–Trinajstić information content (AvgIpc) is 2.82. The fourth-order valence-corrected chi connectivity index (χ4v) is 2.15. The van der Waals surface area contributed by atoms with Crippen molar-refractivity contribution in [3.63, 3.8) is 0 Å². The molecule has 0 saturated heterocycles. The Bertz CT molecular complexity index is 854. The summed E-state index contributed by atoms with van der Waals surface area (Å²) in [6, 6.07) is 3.87. The standard InChI is InChI=1S/C14H11F4N5/c1-7(14(16,17)18)8-2-3-10(20-5-8)11-4-9(15)12-6-21-13(19)22-23(11)12/h2-7H,1H3,(H2,19,22). The SMILES string of the molecule is CC(c1ccc(-c2cc(F)c3cnc(N)nn23)nc1)C(F)(F)F. The van der Waals surface area contributed by atoms with Gasteiger partial charge in [-0.1, -0.05) is 6.07 Å². The van der Waals surface area contributed by atoms with E-state index in [9.17, 15) is 17.6 Å². The van der Waals surface area contributed by atoms with E-state index in [1.165, 1.54) is 28.9 Å². The maximum Gasteiger partial charge on any atom is 0.395 e. The van der Waals surface area contributed by atoms with Crippen LogP contribution in [0.5, 0.6) is 0 Å². The Morgan fingerprint density at radius 3 is 2.52 bits per heavy atom. The lowest BCUT2D eigenvalue weighted by Crippen LogP contribution is -2.17. The molecule has 0 aliphatic rings. The number of anilines is 1. The van der Waals surface area contributed by atoms with Gasteiger partial charge in [-0.15, -0.1) is 5.10 Å². The van der Waals surface area contributed by atoms with Crippen molar-refractivity contribution in [2.45, 2.75) is 19.0 Å². The minimum atomic E-state index is -4.35. The van der Waals surface area contributed by atoms with Crippen LogP contribution in [0.3, 0.4) is 0 Å². The molecule has 0 amide bonds. The van der Waals surface area contributed by atoms with Gasteiger partial charge < -0.3 is 5.73 Å². The Labute approximate surface area is 127 Å². The molecule has 120 valence electrons. The molecule has 3 aromatic heterocycles. The minimum Gasteiger partial charge on any atom is -0.367 e. The summed E-state index contributed by atoms with van der Waals surface area (Å²) in [5.41, 5.74) is 6.16. The number of halogens is 4. The predicted molar refractivity (Wildman–Crippen MR) is 75.1 cm³/mol. The molecule has 3 rings (SSSR count). The van der Waals surface area contributed by atoms with Crippen LogP contribution in [0.15, 0.2) is 30.6 Å². The van der Waals surface area contributed by atoms with Gasteiger partial charge in [-0.25, -0.2) is 13.9 Å². The van der Waals surface area contributed by atoms with Crippen molar-refractivity contribution in [2.24, 2.45) is 0 Å². The van der Waals surface area contributed by atoms with Gasteiger partial charge in [0.15, 0.2) is 5.82 Å². The highest BCUT2D eigenvalue weighted by molar-refractivity contribution is 5.64. The third kappa shape index (κ3) is 2.69. The summed E-state index contributed by atoms with van der Waals surface area (Å²) in [5.74, 6) is -2.27. The van der Waals surface area contributed by atoms with Crippen molar-refractivity contribution in [1.82, 2.24) is 19.6 Å². The Balaban J connectivity index is 2.05. The molecule has 0 radical (unpaired) electrons. The molecule has 0 aliphatic carbocycles. The average molecular weight is 325 g/mol. The van der Waals surface area contributed by atoms with E-state index in [1.807, 2.05) is 0 Å². The van der Waals surface area contributed by atoms with Crippen molar-refractivity contribution in [2.75, 3.05) is 5.73 Å². The van der Waals surface area contributed by atoms with Gasteiger partial charge in [-0.05, 0) is 18.6 Å². The fourth-order valence-electron chi connectivity index (χ4n) is 2.15. The second-order valence-corrected chi connectivity index (χ2v) is 5.03. The van der Waals surface area contributed by atoms with Gasteiger partial charge in [-0.3, -0.25) is 4.98 Å². The maximum absolute atomic E-state index is 13.9. The molecule has 3 heterocycles. The van der Waals surface area contributed by atoms with Gasteiger partial charge in [-0.2, -0.15) is 13.2 Å². The largest absolute Gasteiger partial charge is 0.395 e. The molecule has 0 bridgehead atoms. The second kappa shape index (κ2) is 5.18. The molecule has 0 saturated carbocycles. The van der Waals surface area contributed by atoms with Crippen LogP contribution in [0.4, 0.5) is 23.5 Å². The number of hydrogen-bond acceptors (Lipinski definition) is 4. The van der Waals surface area contributed by atoms with Crippen LogP contribution in [0, 0.1) is 5.82 Å². The molecule has 0 aliphatic heterocycles. The molecule has 0 spiro atoms. The first-order chi connectivity index (χ1) is 10.8. The molecule has 1 unspecified atom stereocenters. The summed E-state index contributed by atoms with van der Waals surface area (Å²) in [5, 5.41) is 3.89. The van der Waals surface area contributed by atoms with Gasteiger partial charge >= 0.3 is 6.18 Å². The lowest BCUT2D eigenvalue weighted by Gasteiger charge is -2.15. The number of nitrogens with zero attached hydrogens (tertiary/aromatic N) is 4. The molecule has 0 aromatic carbocycles. The van der Waals surface area contributed by atoms with Crippen molar-refractivity contribution >= 4 is 11.5 Å². The Kier molecular flexibility index (Phi) is 3.42. The summed E-state index contributed by atoms with van der Waals surface area (Å²) < 4.78 is 53.2. The number of nitrogen functional groups attached to an aromatic ring is 1. The first kappa shape index (κ1) is 15.2. The highest BCUT2D eigenvalue weighted by Crippen LogP contribution is 2.34. The number of rotatable bonds is 2. The lowest BCUT2D eigenvalue weighted by atomic mass is 10.0. The van der Waals surface area contributed by atoms with Crippen LogP contribution in [-0.4, -0.2) is 25.8 Å². The molecule has 5 nitrogen and oxygen atoms in total. The topological polar surface area (TPSA) is 69.1 Å². The van der Waals surface area contributed by atoms with E-state index in [-0.39, 0.29) is 28.4 Å².